The van der Waals surface area contributed by atoms with Crippen LogP contribution >= 0.6 is 0 Å². The van der Waals surface area contributed by atoms with Crippen molar-refractivity contribution in [2.24, 2.45) is 0 Å². The van der Waals surface area contributed by atoms with Crippen LogP contribution in [0, 0.1) is 24.7 Å². The summed E-state index contributed by atoms with van der Waals surface area (Å²) in [7, 11) is 0. The van der Waals surface area contributed by atoms with Crippen molar-refractivity contribution in [3.05, 3.63) is 18.6 Å². The molecule has 0 saturated carbocycles. The Labute approximate surface area is 51.2 Å². The average molecular weight is 277 g/mol. The van der Waals surface area contributed by atoms with Crippen LogP contribution in [0.4, 0.5) is 0 Å². The van der Waals surface area contributed by atoms with Crippen LogP contribution in [-0.4, -0.2) is 0 Å². The first-order chi connectivity index (χ1) is 2.89. The van der Waals surface area contributed by atoms with Gasteiger partial charge in [-0.1, -0.05) is 0 Å². The second kappa shape index (κ2) is 1.74. The van der Waals surface area contributed by atoms with Crippen LogP contribution in [0.3, 0.4) is 0 Å². The van der Waals surface area contributed by atoms with Crippen LogP contribution in [0.2, 0.25) is 0 Å². The van der Waals surface area contributed by atoms with Crippen molar-refractivity contribution in [2.45, 2.75) is 0 Å². The van der Waals surface area contributed by atoms with E-state index in [4.69, 9.17) is 4.42 Å². The Hall–Kier alpha value is 0.163. The van der Waals surface area contributed by atoms with Crippen LogP contribution in [0.5, 0.6) is 0 Å². The third-order valence-corrected chi connectivity index (χ3v) is 1.32. The van der Waals surface area contributed by atoms with Crippen molar-refractivity contribution in [3.8, 4) is 0 Å². The molecule has 1 aromatic rings. The summed E-state index contributed by atoms with van der Waals surface area (Å²) in [6.45, 7) is 0. The SMILES string of the molecule is [At]c1ccoc1. The molecule has 1 aromatic heterocycles. The Morgan fingerprint density at radius 1 is 1.67 bits per heavy atom. The van der Waals surface area contributed by atoms with Crippen LogP contribution in [-0.2, 0) is 0 Å². The topological polar surface area (TPSA) is 13.1 Å². The molecule has 6 heavy (non-hydrogen) atoms. The second-order valence-electron chi connectivity index (χ2n) is 0.942. The Kier molecular flexibility index (Phi) is 1.26. The first-order valence-corrected chi connectivity index (χ1v) is 3.04. The zero-order chi connectivity index (χ0) is 4.41. The Balaban J connectivity index is 3.05. The van der Waals surface area contributed by atoms with E-state index in [9.17, 15) is 0 Å². The maximum atomic E-state index is 4.73. The number of hydrogen-bond acceptors (Lipinski definition) is 1. The summed E-state index contributed by atoms with van der Waals surface area (Å²) < 4.78 is 5.96. The summed E-state index contributed by atoms with van der Waals surface area (Å²) in [4.78, 5) is 0. The molecule has 0 spiro atoms. The van der Waals surface area contributed by atoms with Gasteiger partial charge >= 0.3 is 51.0 Å². The quantitative estimate of drug-likeness (QED) is 0.671. The van der Waals surface area contributed by atoms with Crippen LogP contribution in [0.15, 0.2) is 23.0 Å². The van der Waals surface area contributed by atoms with Gasteiger partial charge < -0.3 is 0 Å². The molecule has 0 N–H and O–H groups in total. The van der Waals surface area contributed by atoms with Gasteiger partial charge in [0.15, 0.2) is 0 Å². The van der Waals surface area contributed by atoms with E-state index in [1.165, 1.54) is 3.27 Å². The van der Waals surface area contributed by atoms with E-state index in [-0.39, 0.29) is 0 Å². The minimum absolute atomic E-state index is 1.23. The molecule has 1 rings (SSSR count). The van der Waals surface area contributed by atoms with Crippen molar-refractivity contribution in [1.29, 1.82) is 0 Å². The summed E-state index contributed by atoms with van der Waals surface area (Å²) in [5, 5.41) is 0. The van der Waals surface area contributed by atoms with E-state index in [0.717, 1.165) is 0 Å². The molecular weight excluding hydrogens is 274 g/mol. The van der Waals surface area contributed by atoms with E-state index in [0.29, 0.717) is 0 Å². The summed E-state index contributed by atoms with van der Waals surface area (Å²) >= 11 is 1.63. The fraction of sp³-hybridized carbons (Fsp3) is 0. The fourth-order valence-corrected chi connectivity index (χ4v) is 0.648. The average Bonchev–Trinajstić information content (AvgIpc) is 1.86. The van der Waals surface area contributed by atoms with Crippen molar-refractivity contribution in [2.75, 3.05) is 0 Å². The van der Waals surface area contributed by atoms with Gasteiger partial charge in [-0.3, -0.25) is 0 Å². The molecule has 1 nitrogen and oxygen atoms in total. The van der Waals surface area contributed by atoms with E-state index >= 15 is 0 Å². The molecule has 1 heterocycles. The first kappa shape index (κ1) is 4.33. The molecule has 32 valence electrons. The minimum atomic E-state index is 1.23. The molecule has 0 atom stereocenters. The normalized spacial score (nSPS) is 8.83. The first-order valence-electron chi connectivity index (χ1n) is 1.57. The fourth-order valence-electron chi connectivity index (χ4n) is 0.248. The molecule has 0 aliphatic heterocycles. The van der Waals surface area contributed by atoms with Gasteiger partial charge in [-0.15, -0.1) is 0 Å². The van der Waals surface area contributed by atoms with Gasteiger partial charge in [-0.25, -0.2) is 0 Å². The second-order valence-corrected chi connectivity index (χ2v) is 2.64. The van der Waals surface area contributed by atoms with E-state index < -0.39 is 0 Å². The molecule has 0 amide bonds. The monoisotopic (exact) mass is 277 g/mol. The Morgan fingerprint density at radius 3 is 2.67 bits per heavy atom. The molecule has 0 aliphatic rings. The van der Waals surface area contributed by atoms with Gasteiger partial charge in [-0.2, -0.15) is 0 Å². The van der Waals surface area contributed by atoms with Crippen LogP contribution < -0.4 is 3.27 Å². The summed E-state index contributed by atoms with van der Waals surface area (Å²) in [6, 6.07) is 1.94. The molecule has 0 radical (unpaired) electrons. The molecule has 2 heteroatoms. The Bertz CT molecular complexity index is 111. The maximum absolute atomic E-state index is 4.73. The van der Waals surface area contributed by atoms with Gasteiger partial charge in [0.05, 0.1) is 0 Å². The third kappa shape index (κ3) is 0.812. The van der Waals surface area contributed by atoms with Crippen molar-refractivity contribution in [3.63, 3.8) is 0 Å². The van der Waals surface area contributed by atoms with Gasteiger partial charge in [-0.05, 0) is 0 Å². The molecule has 0 bridgehead atoms. The van der Waals surface area contributed by atoms with E-state index in [1.54, 1.807) is 37.2 Å². The summed E-state index contributed by atoms with van der Waals surface area (Å²) in [5.74, 6) is 0. The zero-order valence-corrected chi connectivity index (χ0v) is 5.96. The predicted molar refractivity (Wildman–Crippen MR) is 18.3 cm³/mol. The van der Waals surface area contributed by atoms with E-state index in [2.05, 4.69) is 0 Å². The zero-order valence-electron chi connectivity index (χ0n) is 3.02. The molecule has 0 fully saturated rings. The predicted octanol–water partition coefficient (Wildman–Crippen LogP) is 0.454. The molecule has 0 saturated heterocycles. The van der Waals surface area contributed by atoms with Gasteiger partial charge in [0.2, 0.25) is 0 Å². The molecule has 0 unspecified atom stereocenters. The van der Waals surface area contributed by atoms with Gasteiger partial charge in [0.1, 0.15) is 0 Å². The third-order valence-electron chi connectivity index (χ3n) is 0.486. The molecule has 0 aromatic carbocycles. The van der Waals surface area contributed by atoms with Gasteiger partial charge in [0.25, 0.3) is 0 Å². The van der Waals surface area contributed by atoms with Crippen molar-refractivity contribution in [1.82, 2.24) is 0 Å². The number of hydrogen-bond donors (Lipinski definition) is 0. The van der Waals surface area contributed by atoms with Crippen LogP contribution in [0.25, 0.3) is 0 Å². The number of rotatable bonds is 0. The van der Waals surface area contributed by atoms with Crippen molar-refractivity contribution < 1.29 is 29.1 Å². The molecule has 0 aliphatic carbocycles. The standard InChI is InChI=1S/C4H3AtO/c5-4-1-2-6-3-4/h1-3H. The summed E-state index contributed by atoms with van der Waals surface area (Å²) in [6.07, 6.45) is 3.41. The Morgan fingerprint density at radius 2 is 2.50 bits per heavy atom. The van der Waals surface area contributed by atoms with Crippen LogP contribution in [0.1, 0.15) is 0 Å². The molecular formula is C4H3AtO. The van der Waals surface area contributed by atoms with E-state index in [1.807, 2.05) is 6.07 Å². The number of furan rings is 1. The van der Waals surface area contributed by atoms with Crippen molar-refractivity contribution >= 4 is 3.27 Å². The summed E-state index contributed by atoms with van der Waals surface area (Å²) in [5.41, 5.74) is 0. The van der Waals surface area contributed by atoms with Gasteiger partial charge in [0, 0.05) is 0 Å².